The average molecular weight is 281 g/mol. The Labute approximate surface area is 123 Å². The first-order valence-electron chi connectivity index (χ1n) is 7.21. The molecule has 0 saturated heterocycles. The Balaban J connectivity index is 1.92. The number of fused-ring (bicyclic) bond motifs is 1. The highest BCUT2D eigenvalue weighted by Gasteiger charge is 2.05. The summed E-state index contributed by atoms with van der Waals surface area (Å²) in [4.78, 5) is 11.8. The van der Waals surface area contributed by atoms with Crippen LogP contribution in [0, 0.1) is 0 Å². The fourth-order valence-electron chi connectivity index (χ4n) is 2.75. The molecular formula is C17H19N3O. The number of anilines is 1. The van der Waals surface area contributed by atoms with Gasteiger partial charge in [-0.15, -0.1) is 0 Å². The number of hydrogen-bond donors (Lipinski definition) is 1. The summed E-state index contributed by atoms with van der Waals surface area (Å²) in [5.74, 6) is 0. The topological polar surface area (TPSA) is 52.9 Å². The first-order chi connectivity index (χ1) is 10.2. The molecule has 0 saturated carbocycles. The first-order valence-corrected chi connectivity index (χ1v) is 7.21. The lowest BCUT2D eigenvalue weighted by Crippen LogP contribution is -2.21. The van der Waals surface area contributed by atoms with Crippen LogP contribution in [0.25, 0.3) is 10.9 Å². The predicted molar refractivity (Wildman–Crippen MR) is 86.4 cm³/mol. The lowest BCUT2D eigenvalue weighted by molar-refractivity contribution is 0.577. The van der Waals surface area contributed by atoms with E-state index in [0.29, 0.717) is 12.2 Å². The van der Waals surface area contributed by atoms with Crippen molar-refractivity contribution in [1.82, 2.24) is 9.13 Å². The zero-order valence-corrected chi connectivity index (χ0v) is 12.1. The van der Waals surface area contributed by atoms with E-state index >= 15 is 0 Å². The van der Waals surface area contributed by atoms with Crippen LogP contribution in [-0.2, 0) is 19.5 Å². The van der Waals surface area contributed by atoms with Gasteiger partial charge in [-0.2, -0.15) is 0 Å². The van der Waals surface area contributed by atoms with Gasteiger partial charge >= 0.3 is 0 Å². The second kappa shape index (κ2) is 5.48. The molecule has 4 nitrogen and oxygen atoms in total. The molecule has 0 bridgehead atoms. The summed E-state index contributed by atoms with van der Waals surface area (Å²) < 4.78 is 3.87. The molecule has 0 radical (unpaired) electrons. The quantitative estimate of drug-likeness (QED) is 0.799. The molecule has 4 heteroatoms. The zero-order chi connectivity index (χ0) is 14.8. The van der Waals surface area contributed by atoms with Crippen molar-refractivity contribution in [1.29, 1.82) is 0 Å². The molecule has 21 heavy (non-hydrogen) atoms. The number of hydrogen-bond acceptors (Lipinski definition) is 2. The number of para-hydroxylation sites is 1. The molecular weight excluding hydrogens is 262 g/mol. The molecule has 0 atom stereocenters. The standard InChI is InChI=1S/C17H19N3O/c1-2-13-4-3-5-14-8-9-19(17(13)14)10-11-20-12-15(18)6-7-16(20)21/h3-9,12H,2,10-11,18H2,1H3. The molecule has 0 aliphatic heterocycles. The Morgan fingerprint density at radius 2 is 1.86 bits per heavy atom. The molecule has 0 aliphatic carbocycles. The van der Waals surface area contributed by atoms with Crippen molar-refractivity contribution in [2.45, 2.75) is 26.4 Å². The minimum atomic E-state index is -0.0172. The van der Waals surface area contributed by atoms with Gasteiger partial charge in [-0.1, -0.05) is 25.1 Å². The third-order valence-corrected chi connectivity index (χ3v) is 3.84. The monoisotopic (exact) mass is 281 g/mol. The molecule has 0 amide bonds. The fourth-order valence-corrected chi connectivity index (χ4v) is 2.75. The summed E-state index contributed by atoms with van der Waals surface area (Å²) in [6, 6.07) is 11.6. The number of aromatic nitrogens is 2. The van der Waals surface area contributed by atoms with Gasteiger partial charge < -0.3 is 14.9 Å². The lowest BCUT2D eigenvalue weighted by Gasteiger charge is -2.11. The number of nitrogens with zero attached hydrogens (tertiary/aromatic N) is 2. The molecule has 2 heterocycles. The van der Waals surface area contributed by atoms with E-state index in [2.05, 4.69) is 42.0 Å². The van der Waals surface area contributed by atoms with Crippen molar-refractivity contribution in [3.63, 3.8) is 0 Å². The molecule has 3 aromatic rings. The molecule has 0 spiro atoms. The number of pyridine rings is 1. The number of nitrogens with two attached hydrogens (primary N) is 1. The van der Waals surface area contributed by atoms with Crippen molar-refractivity contribution in [3.8, 4) is 0 Å². The van der Waals surface area contributed by atoms with Crippen molar-refractivity contribution in [3.05, 3.63) is 64.7 Å². The zero-order valence-electron chi connectivity index (χ0n) is 12.1. The van der Waals surface area contributed by atoms with Gasteiger partial charge in [0.05, 0.1) is 5.52 Å². The largest absolute Gasteiger partial charge is 0.398 e. The van der Waals surface area contributed by atoms with Gasteiger partial charge in [0.15, 0.2) is 0 Å². The summed E-state index contributed by atoms with van der Waals surface area (Å²) in [5.41, 5.74) is 8.93. The van der Waals surface area contributed by atoms with Crippen LogP contribution >= 0.6 is 0 Å². The smallest absolute Gasteiger partial charge is 0.250 e. The molecule has 0 fully saturated rings. The van der Waals surface area contributed by atoms with Crippen molar-refractivity contribution < 1.29 is 0 Å². The summed E-state index contributed by atoms with van der Waals surface area (Å²) in [5, 5.41) is 1.24. The van der Waals surface area contributed by atoms with Crippen molar-refractivity contribution >= 4 is 16.6 Å². The van der Waals surface area contributed by atoms with E-state index in [-0.39, 0.29) is 5.56 Å². The van der Waals surface area contributed by atoms with Crippen LogP contribution in [0.5, 0.6) is 0 Å². The summed E-state index contributed by atoms with van der Waals surface area (Å²) in [7, 11) is 0. The number of aryl methyl sites for hydroxylation is 3. The maximum absolute atomic E-state index is 11.8. The first kappa shape index (κ1) is 13.5. The second-order valence-electron chi connectivity index (χ2n) is 5.21. The fraction of sp³-hybridized carbons (Fsp3) is 0.235. The molecule has 2 N–H and O–H groups in total. The maximum atomic E-state index is 11.8. The van der Waals surface area contributed by atoms with Gasteiger partial charge in [-0.25, -0.2) is 0 Å². The molecule has 0 aliphatic rings. The van der Waals surface area contributed by atoms with E-state index in [1.54, 1.807) is 16.8 Å². The Hall–Kier alpha value is -2.49. The summed E-state index contributed by atoms with van der Waals surface area (Å²) >= 11 is 0. The minimum absolute atomic E-state index is 0.0172. The van der Waals surface area contributed by atoms with Gasteiger partial charge in [0.2, 0.25) is 0 Å². The minimum Gasteiger partial charge on any atom is -0.398 e. The highest BCUT2D eigenvalue weighted by Crippen LogP contribution is 2.20. The highest BCUT2D eigenvalue weighted by molar-refractivity contribution is 5.83. The third kappa shape index (κ3) is 2.57. The van der Waals surface area contributed by atoms with Gasteiger partial charge in [-0.3, -0.25) is 4.79 Å². The SMILES string of the molecule is CCc1cccc2ccn(CCn3cc(N)ccc3=O)c12. The third-order valence-electron chi connectivity index (χ3n) is 3.84. The molecule has 108 valence electrons. The van der Waals surface area contributed by atoms with Gasteiger partial charge in [0, 0.05) is 37.2 Å². The van der Waals surface area contributed by atoms with Crippen LogP contribution in [0.4, 0.5) is 5.69 Å². The molecule has 2 aromatic heterocycles. The normalized spacial score (nSPS) is 11.1. The van der Waals surface area contributed by atoms with E-state index in [4.69, 9.17) is 5.73 Å². The number of benzene rings is 1. The van der Waals surface area contributed by atoms with Gasteiger partial charge in [0.25, 0.3) is 5.56 Å². The maximum Gasteiger partial charge on any atom is 0.250 e. The molecule has 0 unspecified atom stereocenters. The van der Waals surface area contributed by atoms with E-state index < -0.39 is 0 Å². The van der Waals surface area contributed by atoms with Gasteiger partial charge in [-0.05, 0) is 29.5 Å². The Bertz CT molecular complexity index is 829. The van der Waals surface area contributed by atoms with Crippen LogP contribution < -0.4 is 11.3 Å². The number of nitrogen functional groups attached to an aromatic ring is 1. The van der Waals surface area contributed by atoms with E-state index in [9.17, 15) is 4.79 Å². The van der Waals surface area contributed by atoms with Crippen molar-refractivity contribution in [2.24, 2.45) is 0 Å². The van der Waals surface area contributed by atoms with Crippen LogP contribution in [0.15, 0.2) is 53.6 Å². The Morgan fingerprint density at radius 1 is 1.05 bits per heavy atom. The van der Waals surface area contributed by atoms with Gasteiger partial charge in [0.1, 0.15) is 0 Å². The Kier molecular flexibility index (Phi) is 3.52. The van der Waals surface area contributed by atoms with Crippen LogP contribution in [0.1, 0.15) is 12.5 Å². The van der Waals surface area contributed by atoms with Crippen LogP contribution in [0.2, 0.25) is 0 Å². The predicted octanol–water partition coefficient (Wildman–Crippen LogP) is 2.65. The van der Waals surface area contributed by atoms with Crippen LogP contribution in [-0.4, -0.2) is 9.13 Å². The Morgan fingerprint density at radius 3 is 2.67 bits per heavy atom. The van der Waals surface area contributed by atoms with E-state index in [1.807, 2.05) is 0 Å². The van der Waals surface area contributed by atoms with Crippen molar-refractivity contribution in [2.75, 3.05) is 5.73 Å². The average Bonchev–Trinajstić information content (AvgIpc) is 2.91. The molecule has 1 aromatic carbocycles. The van der Waals surface area contributed by atoms with E-state index in [0.717, 1.165) is 13.0 Å². The second-order valence-corrected chi connectivity index (χ2v) is 5.21. The number of rotatable bonds is 4. The lowest BCUT2D eigenvalue weighted by atomic mass is 10.1. The summed E-state index contributed by atoms with van der Waals surface area (Å²) in [6.45, 7) is 3.53. The molecule has 3 rings (SSSR count). The van der Waals surface area contributed by atoms with Crippen LogP contribution in [0.3, 0.4) is 0 Å². The highest BCUT2D eigenvalue weighted by atomic mass is 16.1. The van der Waals surface area contributed by atoms with E-state index in [1.165, 1.54) is 22.5 Å². The summed E-state index contributed by atoms with van der Waals surface area (Å²) in [6.07, 6.45) is 4.79.